The molecule has 0 aliphatic carbocycles. The van der Waals surface area contributed by atoms with E-state index in [-0.39, 0.29) is 10.8 Å². The zero-order valence-electron chi connectivity index (χ0n) is 17.1. The molecule has 0 unspecified atom stereocenters. The Bertz CT molecular complexity index is 1140. The maximum atomic E-state index is 12.8. The van der Waals surface area contributed by atoms with Crippen LogP contribution >= 0.6 is 0 Å². The fourth-order valence-electron chi connectivity index (χ4n) is 3.05. The summed E-state index contributed by atoms with van der Waals surface area (Å²) in [6.07, 6.45) is 0. The molecule has 0 aliphatic rings. The molecule has 30 heavy (non-hydrogen) atoms. The van der Waals surface area contributed by atoms with Crippen molar-refractivity contribution in [1.29, 1.82) is 0 Å². The van der Waals surface area contributed by atoms with Crippen LogP contribution in [0.1, 0.15) is 21.5 Å². The van der Waals surface area contributed by atoms with E-state index in [1.54, 1.807) is 62.4 Å². The Hall–Kier alpha value is -3.32. The first-order valence-corrected chi connectivity index (χ1v) is 10.9. The van der Waals surface area contributed by atoms with Crippen molar-refractivity contribution in [3.8, 4) is 5.75 Å². The third-order valence-corrected chi connectivity index (χ3v) is 6.05. The van der Waals surface area contributed by atoms with Crippen molar-refractivity contribution < 1.29 is 17.9 Å². The lowest BCUT2D eigenvalue weighted by Gasteiger charge is -2.19. The number of benzene rings is 3. The minimum atomic E-state index is -3.69. The topological polar surface area (TPSA) is 75.7 Å². The van der Waals surface area contributed by atoms with E-state index in [2.05, 4.69) is 4.72 Å². The zero-order chi connectivity index (χ0) is 21.7. The number of ether oxygens (including phenoxy) is 1. The van der Waals surface area contributed by atoms with Crippen LogP contribution in [-0.4, -0.2) is 33.4 Å². The Balaban J connectivity index is 1.74. The first kappa shape index (κ1) is 21.4. The highest BCUT2D eigenvalue weighted by Crippen LogP contribution is 2.22. The van der Waals surface area contributed by atoms with Gasteiger partial charge in [-0.05, 0) is 60.5 Å². The largest absolute Gasteiger partial charge is 0.497 e. The van der Waals surface area contributed by atoms with Gasteiger partial charge in [-0.1, -0.05) is 30.3 Å². The molecule has 3 aromatic rings. The Labute approximate surface area is 177 Å². The lowest BCUT2D eigenvalue weighted by atomic mass is 10.1. The molecule has 0 atom stereocenters. The van der Waals surface area contributed by atoms with Crippen molar-refractivity contribution in [2.24, 2.45) is 0 Å². The number of anilines is 1. The zero-order valence-corrected chi connectivity index (χ0v) is 17.9. The molecular weight excluding hydrogens is 400 g/mol. The number of carbonyl (C=O) groups is 1. The number of aryl methyl sites for hydroxylation is 1. The van der Waals surface area contributed by atoms with Gasteiger partial charge >= 0.3 is 0 Å². The van der Waals surface area contributed by atoms with Gasteiger partial charge in [-0.3, -0.25) is 9.52 Å². The van der Waals surface area contributed by atoms with E-state index in [0.717, 1.165) is 11.3 Å². The van der Waals surface area contributed by atoms with Crippen molar-refractivity contribution in [3.05, 3.63) is 89.5 Å². The van der Waals surface area contributed by atoms with Gasteiger partial charge in [-0.15, -0.1) is 0 Å². The molecule has 0 heterocycles. The molecule has 7 heteroatoms. The molecule has 1 amide bonds. The van der Waals surface area contributed by atoms with E-state index in [1.165, 1.54) is 12.1 Å². The van der Waals surface area contributed by atoms with Gasteiger partial charge in [0.2, 0.25) is 0 Å². The maximum Gasteiger partial charge on any atom is 0.261 e. The SMILES string of the molecule is COc1cccc(CN(C)C(=O)c2ccc(NS(=O)(=O)c3ccccc3)c(C)c2)c1. The van der Waals surface area contributed by atoms with E-state index in [1.807, 2.05) is 24.3 Å². The standard InChI is InChI=1S/C23H24N2O4S/c1-17-14-19(23(26)25(2)16-18-8-7-9-20(15-18)29-3)12-13-22(17)24-30(27,28)21-10-5-4-6-11-21/h4-15,24H,16H2,1-3H3. The Kier molecular flexibility index (Phi) is 6.42. The van der Waals surface area contributed by atoms with E-state index in [4.69, 9.17) is 4.74 Å². The number of nitrogens with one attached hydrogen (secondary N) is 1. The molecule has 0 fully saturated rings. The van der Waals surface area contributed by atoms with Crippen LogP contribution in [0.15, 0.2) is 77.7 Å². The average molecular weight is 425 g/mol. The predicted octanol–water partition coefficient (Wildman–Crippen LogP) is 4.08. The minimum Gasteiger partial charge on any atom is -0.497 e. The molecule has 0 saturated heterocycles. The van der Waals surface area contributed by atoms with Crippen LogP contribution in [0.5, 0.6) is 5.75 Å². The molecule has 0 radical (unpaired) electrons. The van der Waals surface area contributed by atoms with Crippen molar-refractivity contribution in [3.63, 3.8) is 0 Å². The van der Waals surface area contributed by atoms with Crippen LogP contribution in [0.2, 0.25) is 0 Å². The number of carbonyl (C=O) groups excluding carboxylic acids is 1. The second-order valence-electron chi connectivity index (χ2n) is 6.96. The third-order valence-electron chi connectivity index (χ3n) is 4.67. The van der Waals surface area contributed by atoms with Gasteiger partial charge in [0, 0.05) is 19.2 Å². The summed E-state index contributed by atoms with van der Waals surface area (Å²) < 4.78 is 32.9. The first-order valence-electron chi connectivity index (χ1n) is 9.37. The summed E-state index contributed by atoms with van der Waals surface area (Å²) in [5.74, 6) is 0.581. The van der Waals surface area contributed by atoms with Crippen LogP contribution in [0, 0.1) is 6.92 Å². The first-order chi connectivity index (χ1) is 14.3. The Morgan fingerprint density at radius 3 is 2.40 bits per heavy atom. The van der Waals surface area contributed by atoms with E-state index in [0.29, 0.717) is 23.4 Å². The number of nitrogens with zero attached hydrogens (tertiary/aromatic N) is 1. The van der Waals surface area contributed by atoms with Crippen LogP contribution in [0.25, 0.3) is 0 Å². The van der Waals surface area contributed by atoms with Crippen LogP contribution in [0.3, 0.4) is 0 Å². The van der Waals surface area contributed by atoms with Gasteiger partial charge in [-0.2, -0.15) is 0 Å². The molecule has 0 aromatic heterocycles. The highest BCUT2D eigenvalue weighted by Gasteiger charge is 2.17. The second-order valence-corrected chi connectivity index (χ2v) is 8.64. The van der Waals surface area contributed by atoms with E-state index in [9.17, 15) is 13.2 Å². The normalized spacial score (nSPS) is 11.0. The average Bonchev–Trinajstić information content (AvgIpc) is 2.75. The summed E-state index contributed by atoms with van der Waals surface area (Å²) in [5, 5.41) is 0. The fourth-order valence-corrected chi connectivity index (χ4v) is 4.20. The van der Waals surface area contributed by atoms with Crippen molar-refractivity contribution >= 4 is 21.6 Å². The molecule has 156 valence electrons. The lowest BCUT2D eigenvalue weighted by Crippen LogP contribution is -2.26. The van der Waals surface area contributed by atoms with Gasteiger partial charge in [0.25, 0.3) is 15.9 Å². The van der Waals surface area contributed by atoms with Crippen LogP contribution in [0.4, 0.5) is 5.69 Å². The van der Waals surface area contributed by atoms with E-state index < -0.39 is 10.0 Å². The number of sulfonamides is 1. The van der Waals surface area contributed by atoms with Gasteiger partial charge in [-0.25, -0.2) is 8.42 Å². The summed E-state index contributed by atoms with van der Waals surface area (Å²) in [4.78, 5) is 14.6. The Morgan fingerprint density at radius 1 is 1.00 bits per heavy atom. The van der Waals surface area contributed by atoms with E-state index >= 15 is 0 Å². The van der Waals surface area contributed by atoms with Crippen molar-refractivity contribution in [2.75, 3.05) is 18.9 Å². The van der Waals surface area contributed by atoms with Crippen LogP contribution < -0.4 is 9.46 Å². The second kappa shape index (κ2) is 9.00. The molecule has 0 bridgehead atoms. The summed E-state index contributed by atoms with van der Waals surface area (Å²) in [7, 11) is -0.363. The smallest absolute Gasteiger partial charge is 0.261 e. The fraction of sp³-hybridized carbons (Fsp3) is 0.174. The molecule has 3 aromatic carbocycles. The Morgan fingerprint density at radius 2 is 1.73 bits per heavy atom. The molecule has 6 nitrogen and oxygen atoms in total. The number of rotatable bonds is 7. The molecule has 3 rings (SSSR count). The molecule has 1 N–H and O–H groups in total. The van der Waals surface area contributed by atoms with Crippen molar-refractivity contribution in [1.82, 2.24) is 4.90 Å². The monoisotopic (exact) mass is 424 g/mol. The van der Waals surface area contributed by atoms with Gasteiger partial charge in [0.05, 0.1) is 17.7 Å². The molecule has 0 spiro atoms. The highest BCUT2D eigenvalue weighted by atomic mass is 32.2. The highest BCUT2D eigenvalue weighted by molar-refractivity contribution is 7.92. The predicted molar refractivity (Wildman–Crippen MR) is 117 cm³/mol. The number of hydrogen-bond donors (Lipinski definition) is 1. The maximum absolute atomic E-state index is 12.8. The van der Waals surface area contributed by atoms with Gasteiger partial charge in [0.15, 0.2) is 0 Å². The molecular formula is C23H24N2O4S. The summed E-state index contributed by atoms with van der Waals surface area (Å²) in [5.41, 5.74) is 2.54. The number of hydrogen-bond acceptors (Lipinski definition) is 4. The van der Waals surface area contributed by atoms with Crippen molar-refractivity contribution in [2.45, 2.75) is 18.4 Å². The summed E-state index contributed by atoms with van der Waals surface area (Å²) >= 11 is 0. The molecule has 0 saturated carbocycles. The minimum absolute atomic E-state index is 0.154. The van der Waals surface area contributed by atoms with Gasteiger partial charge in [0.1, 0.15) is 5.75 Å². The summed E-state index contributed by atoms with van der Waals surface area (Å²) in [6.45, 7) is 2.19. The number of methoxy groups -OCH3 is 1. The summed E-state index contributed by atoms with van der Waals surface area (Å²) in [6, 6.07) is 20.6. The number of amides is 1. The lowest BCUT2D eigenvalue weighted by molar-refractivity contribution is 0.0785. The quantitative estimate of drug-likeness (QED) is 0.620. The third kappa shape index (κ3) is 4.99. The molecule has 0 aliphatic heterocycles. The van der Waals surface area contributed by atoms with Gasteiger partial charge < -0.3 is 9.64 Å². The van der Waals surface area contributed by atoms with Crippen LogP contribution in [-0.2, 0) is 16.6 Å².